The first-order valence-corrected chi connectivity index (χ1v) is 15.7. The van der Waals surface area contributed by atoms with E-state index in [0.29, 0.717) is 25.1 Å². The maximum absolute atomic E-state index is 13.9. The lowest BCUT2D eigenvalue weighted by Gasteiger charge is -2.33. The van der Waals surface area contributed by atoms with E-state index in [1.54, 1.807) is 36.4 Å². The smallest absolute Gasteiger partial charge is 0.264 e. The Kier molecular flexibility index (Phi) is 11.0. The van der Waals surface area contributed by atoms with Gasteiger partial charge in [0.2, 0.25) is 11.8 Å². The number of sulfonamides is 1. The molecule has 0 spiro atoms. The van der Waals surface area contributed by atoms with Gasteiger partial charge in [-0.25, -0.2) is 8.42 Å². The number of nitrogens with one attached hydrogen (secondary N) is 1. The second-order valence-corrected chi connectivity index (χ2v) is 11.9. The first kappa shape index (κ1) is 30.2. The summed E-state index contributed by atoms with van der Waals surface area (Å²) < 4.78 is 28.9. The molecule has 1 N–H and O–H groups in total. The molecule has 9 heteroatoms. The van der Waals surface area contributed by atoms with Crippen LogP contribution in [0.5, 0.6) is 0 Å². The van der Waals surface area contributed by atoms with Gasteiger partial charge in [0.25, 0.3) is 10.0 Å². The third-order valence-corrected chi connectivity index (χ3v) is 9.00. The second kappa shape index (κ2) is 14.2. The van der Waals surface area contributed by atoms with Crippen LogP contribution in [0.25, 0.3) is 0 Å². The van der Waals surface area contributed by atoms with Crippen LogP contribution in [0.2, 0.25) is 0 Å². The van der Waals surface area contributed by atoms with Crippen LogP contribution in [0.1, 0.15) is 31.4 Å². The molecule has 3 rings (SSSR count). The molecule has 0 aliphatic rings. The fraction of sp³-hybridized carbons (Fsp3) is 0.333. The molecule has 3 aromatic carbocycles. The van der Waals surface area contributed by atoms with Crippen LogP contribution in [0.4, 0.5) is 5.69 Å². The number of nitrogens with zero attached hydrogens (tertiary/aromatic N) is 2. The van der Waals surface area contributed by atoms with Gasteiger partial charge in [-0.2, -0.15) is 0 Å². The number of likely N-dealkylation sites (N-methyl/N-ethyl adjacent to an activating group) is 1. The van der Waals surface area contributed by atoms with Crippen molar-refractivity contribution in [1.29, 1.82) is 0 Å². The Morgan fingerprint density at radius 3 is 2.13 bits per heavy atom. The van der Waals surface area contributed by atoms with Gasteiger partial charge in [-0.15, -0.1) is 11.8 Å². The van der Waals surface area contributed by atoms with Crippen LogP contribution in [0.15, 0.2) is 88.7 Å². The maximum atomic E-state index is 13.9. The van der Waals surface area contributed by atoms with Gasteiger partial charge in [-0.1, -0.05) is 55.0 Å². The molecule has 0 radical (unpaired) electrons. The molecule has 0 aliphatic carbocycles. The van der Waals surface area contributed by atoms with Gasteiger partial charge in [0.15, 0.2) is 0 Å². The zero-order valence-electron chi connectivity index (χ0n) is 23.0. The molecule has 208 valence electrons. The highest BCUT2D eigenvalue weighted by Gasteiger charge is 2.33. The number of thioether (sulfide) groups is 1. The van der Waals surface area contributed by atoms with Gasteiger partial charge in [0.1, 0.15) is 12.6 Å². The van der Waals surface area contributed by atoms with Crippen LogP contribution in [0.3, 0.4) is 0 Å². The lowest BCUT2D eigenvalue weighted by Crippen LogP contribution is -2.53. The maximum Gasteiger partial charge on any atom is 0.264 e. The Morgan fingerprint density at radius 2 is 1.56 bits per heavy atom. The van der Waals surface area contributed by atoms with E-state index in [4.69, 9.17) is 0 Å². The monoisotopic (exact) mass is 567 g/mol. The predicted molar refractivity (Wildman–Crippen MR) is 159 cm³/mol. The first-order valence-electron chi connectivity index (χ1n) is 13.1. The normalized spacial score (nSPS) is 12.0. The predicted octanol–water partition coefficient (Wildman–Crippen LogP) is 4.90. The van der Waals surface area contributed by atoms with Crippen molar-refractivity contribution < 1.29 is 18.0 Å². The number of carbonyl (C=O) groups excluding carboxylic acids is 2. The van der Waals surface area contributed by atoms with Crippen LogP contribution >= 0.6 is 11.8 Å². The Hall–Kier alpha value is -3.30. The number of aryl methyl sites for hydroxylation is 1. The summed E-state index contributed by atoms with van der Waals surface area (Å²) in [6, 6.07) is 22.6. The fourth-order valence-corrected chi connectivity index (χ4v) is 6.13. The molecule has 0 aromatic heterocycles. The highest BCUT2D eigenvalue weighted by Crippen LogP contribution is 2.26. The summed E-state index contributed by atoms with van der Waals surface area (Å²) in [7, 11) is -4.07. The van der Waals surface area contributed by atoms with E-state index in [1.165, 1.54) is 16.7 Å². The van der Waals surface area contributed by atoms with Crippen molar-refractivity contribution >= 4 is 39.3 Å². The van der Waals surface area contributed by atoms with Crippen LogP contribution < -0.4 is 9.62 Å². The molecule has 7 nitrogen and oxygen atoms in total. The number of carbonyl (C=O) groups is 2. The van der Waals surface area contributed by atoms with Gasteiger partial charge in [-0.05, 0) is 74.9 Å². The Labute approximate surface area is 236 Å². The van der Waals surface area contributed by atoms with Crippen LogP contribution in [-0.4, -0.2) is 57.1 Å². The van der Waals surface area contributed by atoms with Gasteiger partial charge in [0, 0.05) is 18.0 Å². The zero-order valence-corrected chi connectivity index (χ0v) is 24.6. The minimum Gasteiger partial charge on any atom is -0.355 e. The molecular formula is C30H37N3O4S2. The lowest BCUT2D eigenvalue weighted by molar-refractivity contribution is -0.139. The summed E-state index contributed by atoms with van der Waals surface area (Å²) in [6.45, 7) is 5.88. The molecule has 3 aromatic rings. The van der Waals surface area contributed by atoms with E-state index >= 15 is 0 Å². The quantitative estimate of drug-likeness (QED) is 0.297. The number of anilines is 1. The van der Waals surface area contributed by atoms with Gasteiger partial charge in [-0.3, -0.25) is 13.9 Å². The summed E-state index contributed by atoms with van der Waals surface area (Å²) in [5.74, 6) is -0.687. The molecule has 1 atom stereocenters. The number of hydrogen-bond acceptors (Lipinski definition) is 5. The van der Waals surface area contributed by atoms with Gasteiger partial charge in [0.05, 0.1) is 10.6 Å². The Balaban J connectivity index is 2.00. The van der Waals surface area contributed by atoms with E-state index in [1.807, 2.05) is 69.5 Å². The molecule has 0 saturated carbocycles. The summed E-state index contributed by atoms with van der Waals surface area (Å²) in [6.07, 6.45) is 2.86. The average Bonchev–Trinajstić information content (AvgIpc) is 2.95. The molecule has 0 fully saturated rings. The molecule has 0 saturated heterocycles. The summed E-state index contributed by atoms with van der Waals surface area (Å²) in [4.78, 5) is 29.5. The van der Waals surface area contributed by atoms with Crippen molar-refractivity contribution in [3.63, 3.8) is 0 Å². The van der Waals surface area contributed by atoms with Crippen molar-refractivity contribution in [3.05, 3.63) is 90.0 Å². The summed E-state index contributed by atoms with van der Waals surface area (Å²) in [5.41, 5.74) is 2.38. The standard InChI is InChI=1S/C30H37N3O4S2/c1-5-28(30(35)31-6-2)32(21-20-24-10-8-7-9-11-24)29(34)22-33(25-14-12-23(3)13-15-25)39(36,37)27-18-16-26(38-4)17-19-27/h7-19,28H,5-6,20-22H2,1-4H3,(H,31,35)/t28-/m1/s1. The minimum absolute atomic E-state index is 0.0975. The van der Waals surface area contributed by atoms with Crippen molar-refractivity contribution in [2.75, 3.05) is 30.2 Å². The summed E-state index contributed by atoms with van der Waals surface area (Å²) >= 11 is 1.52. The topological polar surface area (TPSA) is 86.8 Å². The zero-order chi connectivity index (χ0) is 28.4. The number of amides is 2. The van der Waals surface area contributed by atoms with E-state index in [2.05, 4.69) is 5.32 Å². The summed E-state index contributed by atoms with van der Waals surface area (Å²) in [5, 5.41) is 2.82. The number of hydrogen-bond donors (Lipinski definition) is 1. The Morgan fingerprint density at radius 1 is 0.923 bits per heavy atom. The highest BCUT2D eigenvalue weighted by atomic mass is 32.2. The first-order chi connectivity index (χ1) is 18.7. The fourth-order valence-electron chi connectivity index (χ4n) is 4.30. The minimum atomic E-state index is -4.07. The second-order valence-electron chi connectivity index (χ2n) is 9.16. The third kappa shape index (κ3) is 7.86. The van der Waals surface area contributed by atoms with Crippen molar-refractivity contribution in [1.82, 2.24) is 10.2 Å². The average molecular weight is 568 g/mol. The molecule has 39 heavy (non-hydrogen) atoms. The molecule has 0 bridgehead atoms. The molecule has 0 heterocycles. The molecule has 0 aliphatic heterocycles. The Bertz CT molecular complexity index is 1330. The van der Waals surface area contributed by atoms with E-state index in [9.17, 15) is 18.0 Å². The molecule has 0 unspecified atom stereocenters. The van der Waals surface area contributed by atoms with E-state index < -0.39 is 28.5 Å². The van der Waals surface area contributed by atoms with Crippen molar-refractivity contribution in [2.24, 2.45) is 0 Å². The number of benzene rings is 3. The third-order valence-electron chi connectivity index (χ3n) is 6.47. The van der Waals surface area contributed by atoms with Crippen LogP contribution in [0, 0.1) is 6.92 Å². The molecular weight excluding hydrogens is 530 g/mol. The van der Waals surface area contributed by atoms with E-state index in [-0.39, 0.29) is 17.3 Å². The van der Waals surface area contributed by atoms with Gasteiger partial charge >= 0.3 is 0 Å². The molecule has 2 amide bonds. The van der Waals surface area contributed by atoms with Gasteiger partial charge < -0.3 is 10.2 Å². The lowest BCUT2D eigenvalue weighted by atomic mass is 10.1. The van der Waals surface area contributed by atoms with Crippen molar-refractivity contribution in [2.45, 2.75) is 49.4 Å². The SMILES string of the molecule is CCNC(=O)[C@@H](CC)N(CCc1ccccc1)C(=O)CN(c1ccc(C)cc1)S(=O)(=O)c1ccc(SC)cc1. The highest BCUT2D eigenvalue weighted by molar-refractivity contribution is 7.98. The van der Waals surface area contributed by atoms with E-state index in [0.717, 1.165) is 20.3 Å². The number of rotatable bonds is 13. The van der Waals surface area contributed by atoms with Crippen LogP contribution in [-0.2, 0) is 26.0 Å². The largest absolute Gasteiger partial charge is 0.355 e. The van der Waals surface area contributed by atoms with Crippen molar-refractivity contribution in [3.8, 4) is 0 Å².